The Kier molecular flexibility index (Phi) is 2.20. The molecule has 1 heterocycles. The van der Waals surface area contributed by atoms with Crippen LogP contribution in [0.4, 0.5) is 0 Å². The molecule has 1 nitrogen and oxygen atoms in total. The smallest absolute Gasteiger partial charge is 0.0133 e. The van der Waals surface area contributed by atoms with E-state index in [4.69, 9.17) is 5.73 Å². The summed E-state index contributed by atoms with van der Waals surface area (Å²) in [7, 11) is 0. The van der Waals surface area contributed by atoms with Crippen molar-refractivity contribution in [2.24, 2.45) is 11.7 Å². The maximum absolute atomic E-state index is 5.70. The molecule has 0 saturated carbocycles. The first-order valence-corrected chi connectivity index (χ1v) is 4.28. The van der Waals surface area contributed by atoms with Crippen molar-refractivity contribution >= 4 is 11.8 Å². The van der Waals surface area contributed by atoms with Gasteiger partial charge >= 0.3 is 0 Å². The Hall–Kier alpha value is 0.310. The summed E-state index contributed by atoms with van der Waals surface area (Å²) in [5.74, 6) is 3.33. The van der Waals surface area contributed by atoms with E-state index in [2.05, 4.69) is 6.92 Å². The minimum absolute atomic E-state index is 0.476. The maximum atomic E-state index is 5.70. The molecule has 1 aliphatic rings. The van der Waals surface area contributed by atoms with Crippen LogP contribution in [0.3, 0.4) is 0 Å². The molecule has 1 rings (SSSR count). The van der Waals surface area contributed by atoms with Gasteiger partial charge in [-0.25, -0.2) is 0 Å². The molecule has 0 spiro atoms. The van der Waals surface area contributed by atoms with Gasteiger partial charge in [-0.15, -0.1) is 0 Å². The van der Waals surface area contributed by atoms with E-state index in [9.17, 15) is 0 Å². The molecule has 0 aromatic carbocycles. The van der Waals surface area contributed by atoms with E-state index in [0.717, 1.165) is 5.92 Å². The quantitative estimate of drug-likeness (QED) is 0.532. The molecule has 1 saturated heterocycles. The third-order valence-corrected chi connectivity index (χ3v) is 2.91. The summed E-state index contributed by atoms with van der Waals surface area (Å²) < 4.78 is 0. The zero-order valence-electron chi connectivity index (χ0n) is 5.26. The van der Waals surface area contributed by atoms with E-state index in [-0.39, 0.29) is 0 Å². The minimum Gasteiger partial charge on any atom is -0.327 e. The van der Waals surface area contributed by atoms with Crippen molar-refractivity contribution in [1.82, 2.24) is 0 Å². The molecule has 0 aliphatic carbocycles. The summed E-state index contributed by atoms with van der Waals surface area (Å²) in [6.45, 7) is 2.27. The minimum atomic E-state index is 0.476. The fraction of sp³-hybridized carbons (Fsp3) is 1.00. The second-order valence-corrected chi connectivity index (χ2v) is 3.71. The van der Waals surface area contributed by atoms with Crippen LogP contribution in [0, 0.1) is 5.92 Å². The van der Waals surface area contributed by atoms with Gasteiger partial charge in [0, 0.05) is 11.8 Å². The Morgan fingerprint density at radius 3 is 2.62 bits per heavy atom. The van der Waals surface area contributed by atoms with Gasteiger partial charge in [0.05, 0.1) is 0 Å². The van der Waals surface area contributed by atoms with Crippen LogP contribution in [-0.2, 0) is 0 Å². The Balaban J connectivity index is 2.23. The van der Waals surface area contributed by atoms with Crippen LogP contribution in [0.5, 0.6) is 0 Å². The lowest BCUT2D eigenvalue weighted by atomic mass is 10.1. The standard InChI is InChI=1S/C6H13NS/c1-5-2-6(7)4-8-3-5/h5-6H,2-4,7H2,1H3. The van der Waals surface area contributed by atoms with Crippen molar-refractivity contribution in [2.75, 3.05) is 11.5 Å². The lowest BCUT2D eigenvalue weighted by Crippen LogP contribution is -2.30. The van der Waals surface area contributed by atoms with Crippen LogP contribution in [0.2, 0.25) is 0 Å². The van der Waals surface area contributed by atoms with Crippen LogP contribution in [0.15, 0.2) is 0 Å². The molecular formula is C6H13NS. The van der Waals surface area contributed by atoms with E-state index in [0.29, 0.717) is 6.04 Å². The van der Waals surface area contributed by atoms with Gasteiger partial charge in [-0.2, -0.15) is 11.8 Å². The number of hydrogen-bond acceptors (Lipinski definition) is 2. The number of hydrogen-bond donors (Lipinski definition) is 1. The van der Waals surface area contributed by atoms with E-state index in [1.807, 2.05) is 11.8 Å². The van der Waals surface area contributed by atoms with Gasteiger partial charge in [-0.3, -0.25) is 0 Å². The van der Waals surface area contributed by atoms with Crippen LogP contribution in [0.1, 0.15) is 13.3 Å². The highest BCUT2D eigenvalue weighted by atomic mass is 32.2. The summed E-state index contributed by atoms with van der Waals surface area (Å²) in [6, 6.07) is 0.476. The van der Waals surface area contributed by atoms with Crippen LogP contribution in [-0.4, -0.2) is 17.5 Å². The highest BCUT2D eigenvalue weighted by Gasteiger charge is 2.14. The Labute approximate surface area is 55.0 Å². The predicted molar refractivity (Wildman–Crippen MR) is 39.1 cm³/mol. The van der Waals surface area contributed by atoms with Gasteiger partial charge in [-0.1, -0.05) is 6.92 Å². The van der Waals surface area contributed by atoms with Gasteiger partial charge in [0.25, 0.3) is 0 Å². The Morgan fingerprint density at radius 2 is 2.25 bits per heavy atom. The van der Waals surface area contributed by atoms with Crippen molar-refractivity contribution < 1.29 is 0 Å². The molecule has 0 aromatic heterocycles. The van der Waals surface area contributed by atoms with Crippen molar-refractivity contribution in [3.05, 3.63) is 0 Å². The average Bonchev–Trinajstić information content (AvgIpc) is 1.64. The normalized spacial score (nSPS) is 39.8. The first-order valence-electron chi connectivity index (χ1n) is 3.12. The van der Waals surface area contributed by atoms with E-state index >= 15 is 0 Å². The van der Waals surface area contributed by atoms with E-state index < -0.39 is 0 Å². The number of rotatable bonds is 0. The molecule has 2 unspecified atom stereocenters. The van der Waals surface area contributed by atoms with Crippen molar-refractivity contribution in [2.45, 2.75) is 19.4 Å². The second-order valence-electron chi connectivity index (χ2n) is 2.64. The molecule has 0 aromatic rings. The fourth-order valence-electron chi connectivity index (χ4n) is 1.07. The number of nitrogens with two attached hydrogens (primary N) is 1. The highest BCUT2D eigenvalue weighted by molar-refractivity contribution is 7.99. The van der Waals surface area contributed by atoms with Crippen LogP contribution >= 0.6 is 11.8 Å². The first-order chi connectivity index (χ1) is 3.79. The predicted octanol–water partition coefficient (Wildman–Crippen LogP) is 1.09. The summed E-state index contributed by atoms with van der Waals surface area (Å²) in [4.78, 5) is 0. The van der Waals surface area contributed by atoms with Gasteiger partial charge in [-0.05, 0) is 18.1 Å². The molecule has 0 amide bonds. The highest BCUT2D eigenvalue weighted by Crippen LogP contribution is 2.20. The zero-order chi connectivity index (χ0) is 5.98. The molecule has 2 heteroatoms. The molecular weight excluding hydrogens is 118 g/mol. The van der Waals surface area contributed by atoms with E-state index in [1.165, 1.54) is 17.9 Å². The van der Waals surface area contributed by atoms with E-state index in [1.54, 1.807) is 0 Å². The Bertz CT molecular complexity index is 66.9. The lowest BCUT2D eigenvalue weighted by Gasteiger charge is -2.22. The molecule has 0 radical (unpaired) electrons. The monoisotopic (exact) mass is 131 g/mol. The molecule has 0 bridgehead atoms. The van der Waals surface area contributed by atoms with Gasteiger partial charge < -0.3 is 5.73 Å². The second kappa shape index (κ2) is 2.74. The lowest BCUT2D eigenvalue weighted by molar-refractivity contribution is 0.516. The SMILES string of the molecule is CC1CSCC(N)C1. The molecule has 8 heavy (non-hydrogen) atoms. The first kappa shape index (κ1) is 6.43. The van der Waals surface area contributed by atoms with Gasteiger partial charge in [0.15, 0.2) is 0 Å². The summed E-state index contributed by atoms with van der Waals surface area (Å²) in [5, 5.41) is 0. The van der Waals surface area contributed by atoms with Crippen LogP contribution in [0.25, 0.3) is 0 Å². The summed E-state index contributed by atoms with van der Waals surface area (Å²) in [6.07, 6.45) is 1.23. The topological polar surface area (TPSA) is 26.0 Å². The average molecular weight is 131 g/mol. The molecule has 1 fully saturated rings. The van der Waals surface area contributed by atoms with Crippen LogP contribution < -0.4 is 5.73 Å². The molecule has 1 aliphatic heterocycles. The number of thioether (sulfide) groups is 1. The molecule has 2 N–H and O–H groups in total. The molecule has 48 valence electrons. The van der Waals surface area contributed by atoms with Gasteiger partial charge in [0.2, 0.25) is 0 Å². The van der Waals surface area contributed by atoms with Crippen molar-refractivity contribution in [3.8, 4) is 0 Å². The molecule has 2 atom stereocenters. The Morgan fingerprint density at radius 1 is 1.50 bits per heavy atom. The van der Waals surface area contributed by atoms with Crippen molar-refractivity contribution in [1.29, 1.82) is 0 Å². The van der Waals surface area contributed by atoms with Gasteiger partial charge in [0.1, 0.15) is 0 Å². The fourth-order valence-corrected chi connectivity index (χ4v) is 2.19. The third-order valence-electron chi connectivity index (χ3n) is 1.44. The third kappa shape index (κ3) is 1.67. The summed E-state index contributed by atoms with van der Waals surface area (Å²) >= 11 is 1.99. The van der Waals surface area contributed by atoms with Crippen molar-refractivity contribution in [3.63, 3.8) is 0 Å². The largest absolute Gasteiger partial charge is 0.327 e. The summed E-state index contributed by atoms with van der Waals surface area (Å²) in [5.41, 5.74) is 5.70. The zero-order valence-corrected chi connectivity index (χ0v) is 6.08. The maximum Gasteiger partial charge on any atom is 0.0133 e.